The van der Waals surface area contributed by atoms with Crippen LogP contribution >= 0.6 is 0 Å². The molecule has 2 aliphatic rings. The molecule has 134 valence electrons. The summed E-state index contributed by atoms with van der Waals surface area (Å²) in [5, 5.41) is 3.24. The minimum atomic E-state index is -0.222. The van der Waals surface area contributed by atoms with Gasteiger partial charge >= 0.3 is 0 Å². The number of pyridine rings is 1. The normalized spacial score (nSPS) is 21.6. The van der Waals surface area contributed by atoms with E-state index in [-0.39, 0.29) is 23.3 Å². The molecule has 2 fully saturated rings. The van der Waals surface area contributed by atoms with E-state index in [2.05, 4.69) is 22.4 Å². The third-order valence-electron chi connectivity index (χ3n) is 5.71. The molecular weight excluding hydrogens is 326 g/mol. The number of benzene rings is 1. The number of nitrogens with zero attached hydrogens (tertiary/aromatic N) is 2. The number of nitrogens with one attached hydrogen (secondary N) is 1. The Bertz CT molecular complexity index is 783. The van der Waals surface area contributed by atoms with Crippen LogP contribution in [0.25, 0.3) is 0 Å². The molecule has 2 amide bonds. The van der Waals surface area contributed by atoms with Gasteiger partial charge in [0.2, 0.25) is 11.8 Å². The van der Waals surface area contributed by atoms with Crippen molar-refractivity contribution < 1.29 is 9.59 Å². The number of carbonyl (C=O) groups is 2. The molecule has 0 bridgehead atoms. The minimum absolute atomic E-state index is 0.110. The van der Waals surface area contributed by atoms with E-state index >= 15 is 0 Å². The molecule has 2 saturated heterocycles. The maximum Gasteiger partial charge on any atom is 0.228 e. The predicted octanol–water partition coefficient (Wildman–Crippen LogP) is 2.29. The van der Waals surface area contributed by atoms with E-state index in [9.17, 15) is 9.59 Å². The van der Waals surface area contributed by atoms with E-state index in [0.717, 1.165) is 18.5 Å². The van der Waals surface area contributed by atoms with Gasteiger partial charge in [0, 0.05) is 37.3 Å². The Kier molecular flexibility index (Phi) is 4.45. The van der Waals surface area contributed by atoms with E-state index in [1.165, 1.54) is 5.56 Å². The molecule has 1 atom stereocenters. The van der Waals surface area contributed by atoms with E-state index in [0.29, 0.717) is 25.9 Å². The molecule has 26 heavy (non-hydrogen) atoms. The summed E-state index contributed by atoms with van der Waals surface area (Å²) in [5.41, 5.74) is 1.79. The van der Waals surface area contributed by atoms with Gasteiger partial charge in [-0.2, -0.15) is 0 Å². The summed E-state index contributed by atoms with van der Waals surface area (Å²) >= 11 is 0. The molecule has 4 rings (SSSR count). The number of likely N-dealkylation sites (tertiary alicyclic amines) is 1. The van der Waals surface area contributed by atoms with Gasteiger partial charge in [-0.3, -0.25) is 14.6 Å². The van der Waals surface area contributed by atoms with Crippen molar-refractivity contribution in [2.75, 3.05) is 13.1 Å². The lowest BCUT2D eigenvalue weighted by Crippen LogP contribution is -2.54. The van der Waals surface area contributed by atoms with Crippen molar-refractivity contribution in [1.82, 2.24) is 15.2 Å². The molecule has 3 heterocycles. The first-order valence-electron chi connectivity index (χ1n) is 9.20. The largest absolute Gasteiger partial charge is 0.350 e. The van der Waals surface area contributed by atoms with E-state index < -0.39 is 0 Å². The molecule has 0 saturated carbocycles. The highest BCUT2D eigenvalue weighted by atomic mass is 16.2. The highest BCUT2D eigenvalue weighted by Crippen LogP contribution is 2.43. The van der Waals surface area contributed by atoms with E-state index in [1.54, 1.807) is 6.20 Å². The standard InChI is InChI=1S/C21H23N3O2/c25-19-15-18(16-6-2-1-3-7-16)21(23-19)9-12-24(13-10-21)20(26)14-17-8-4-5-11-22-17/h1-8,11,18H,9-10,12-15H2,(H,23,25)/t18-/m1/s1. The second-order valence-electron chi connectivity index (χ2n) is 7.25. The fourth-order valence-electron chi connectivity index (χ4n) is 4.32. The fraction of sp³-hybridized carbons (Fsp3) is 0.381. The molecule has 1 N–H and O–H groups in total. The van der Waals surface area contributed by atoms with Crippen molar-refractivity contribution in [2.24, 2.45) is 0 Å². The van der Waals surface area contributed by atoms with Gasteiger partial charge < -0.3 is 10.2 Å². The lowest BCUT2D eigenvalue weighted by atomic mass is 9.74. The molecular formula is C21H23N3O2. The zero-order chi connectivity index (χ0) is 18.0. The summed E-state index contributed by atoms with van der Waals surface area (Å²) in [7, 11) is 0. The first-order valence-corrected chi connectivity index (χ1v) is 9.20. The molecule has 0 aliphatic carbocycles. The van der Waals surface area contributed by atoms with Gasteiger partial charge in [0.1, 0.15) is 0 Å². The second kappa shape index (κ2) is 6.90. The Balaban J connectivity index is 1.45. The molecule has 5 nitrogen and oxygen atoms in total. The lowest BCUT2D eigenvalue weighted by molar-refractivity contribution is -0.132. The lowest BCUT2D eigenvalue weighted by Gasteiger charge is -2.43. The monoisotopic (exact) mass is 349 g/mol. The summed E-state index contributed by atoms with van der Waals surface area (Å²) in [4.78, 5) is 30.9. The second-order valence-corrected chi connectivity index (χ2v) is 7.25. The molecule has 2 aliphatic heterocycles. The molecule has 1 aromatic heterocycles. The number of piperidine rings is 1. The smallest absolute Gasteiger partial charge is 0.228 e. The summed E-state index contributed by atoms with van der Waals surface area (Å²) in [5.74, 6) is 0.412. The topological polar surface area (TPSA) is 62.3 Å². The SMILES string of the molecule is O=C1C[C@H](c2ccccc2)C2(CCN(C(=O)Cc3ccccn3)CC2)N1. The van der Waals surface area contributed by atoms with Crippen LogP contribution in [-0.2, 0) is 16.0 Å². The van der Waals surface area contributed by atoms with Crippen molar-refractivity contribution >= 4 is 11.8 Å². The van der Waals surface area contributed by atoms with Gasteiger partial charge in [0.15, 0.2) is 0 Å². The van der Waals surface area contributed by atoms with Crippen LogP contribution in [0.2, 0.25) is 0 Å². The van der Waals surface area contributed by atoms with Crippen LogP contribution in [0.4, 0.5) is 0 Å². The Morgan fingerprint density at radius 3 is 2.54 bits per heavy atom. The number of amides is 2. The van der Waals surface area contributed by atoms with Crippen LogP contribution in [0.1, 0.15) is 36.4 Å². The van der Waals surface area contributed by atoms with Crippen LogP contribution in [0.5, 0.6) is 0 Å². The van der Waals surface area contributed by atoms with Gasteiger partial charge in [0.25, 0.3) is 0 Å². The van der Waals surface area contributed by atoms with Crippen molar-refractivity contribution in [3.63, 3.8) is 0 Å². The van der Waals surface area contributed by atoms with Crippen LogP contribution < -0.4 is 5.32 Å². The van der Waals surface area contributed by atoms with Crippen molar-refractivity contribution in [2.45, 2.75) is 37.1 Å². The fourth-order valence-corrected chi connectivity index (χ4v) is 4.32. The number of carbonyl (C=O) groups excluding carboxylic acids is 2. The quantitative estimate of drug-likeness (QED) is 0.925. The average Bonchev–Trinajstić information content (AvgIpc) is 2.99. The molecule has 5 heteroatoms. The first kappa shape index (κ1) is 16.8. The zero-order valence-electron chi connectivity index (χ0n) is 14.7. The van der Waals surface area contributed by atoms with Crippen LogP contribution in [-0.4, -0.2) is 40.3 Å². The first-order chi connectivity index (χ1) is 12.7. The Morgan fingerprint density at radius 1 is 1.12 bits per heavy atom. The maximum absolute atomic E-state index is 12.6. The van der Waals surface area contributed by atoms with E-state index in [4.69, 9.17) is 0 Å². The van der Waals surface area contributed by atoms with E-state index in [1.807, 2.05) is 41.3 Å². The van der Waals surface area contributed by atoms with Gasteiger partial charge in [-0.15, -0.1) is 0 Å². The number of aromatic nitrogens is 1. The Labute approximate surface area is 153 Å². The molecule has 0 unspecified atom stereocenters. The molecule has 0 radical (unpaired) electrons. The van der Waals surface area contributed by atoms with Crippen molar-refractivity contribution in [3.05, 3.63) is 66.0 Å². The van der Waals surface area contributed by atoms with Crippen LogP contribution in [0, 0.1) is 0 Å². The summed E-state index contributed by atoms with van der Waals surface area (Å²) in [6.07, 6.45) is 4.18. The molecule has 2 aromatic rings. The predicted molar refractivity (Wildman–Crippen MR) is 98.4 cm³/mol. The zero-order valence-corrected chi connectivity index (χ0v) is 14.7. The maximum atomic E-state index is 12.6. The third-order valence-corrected chi connectivity index (χ3v) is 5.71. The summed E-state index contributed by atoms with van der Waals surface area (Å²) in [6, 6.07) is 15.9. The Hall–Kier alpha value is -2.69. The van der Waals surface area contributed by atoms with Crippen molar-refractivity contribution in [1.29, 1.82) is 0 Å². The number of hydrogen-bond acceptors (Lipinski definition) is 3. The molecule has 1 aromatic carbocycles. The van der Waals surface area contributed by atoms with Gasteiger partial charge in [-0.1, -0.05) is 36.4 Å². The Morgan fingerprint density at radius 2 is 1.85 bits per heavy atom. The van der Waals surface area contributed by atoms with Gasteiger partial charge in [-0.05, 0) is 30.5 Å². The number of hydrogen-bond donors (Lipinski definition) is 1. The minimum Gasteiger partial charge on any atom is -0.350 e. The third kappa shape index (κ3) is 3.21. The highest BCUT2D eigenvalue weighted by molar-refractivity contribution is 5.82. The molecule has 1 spiro atoms. The van der Waals surface area contributed by atoms with Crippen molar-refractivity contribution in [3.8, 4) is 0 Å². The van der Waals surface area contributed by atoms with Crippen LogP contribution in [0.3, 0.4) is 0 Å². The number of rotatable bonds is 3. The van der Waals surface area contributed by atoms with Crippen LogP contribution in [0.15, 0.2) is 54.7 Å². The summed E-state index contributed by atoms with van der Waals surface area (Å²) in [6.45, 7) is 1.35. The average molecular weight is 349 g/mol. The van der Waals surface area contributed by atoms with Gasteiger partial charge in [-0.25, -0.2) is 0 Å². The van der Waals surface area contributed by atoms with Gasteiger partial charge in [0.05, 0.1) is 12.0 Å². The highest BCUT2D eigenvalue weighted by Gasteiger charge is 2.49. The summed E-state index contributed by atoms with van der Waals surface area (Å²) < 4.78 is 0.